The summed E-state index contributed by atoms with van der Waals surface area (Å²) in [5.74, 6) is 0. The Morgan fingerprint density at radius 2 is 1.46 bits per heavy atom. The lowest BCUT2D eigenvalue weighted by Gasteiger charge is -2.21. The summed E-state index contributed by atoms with van der Waals surface area (Å²) >= 11 is 0. The summed E-state index contributed by atoms with van der Waals surface area (Å²) in [6.45, 7) is 4.99. The average molecular weight is 364 g/mol. The fraction of sp³-hybridized carbons (Fsp3) is 0.870. The molecule has 152 valence electrons. The van der Waals surface area contributed by atoms with Crippen LogP contribution in [-0.4, -0.2) is 36.9 Å². The topological polar surface area (TPSA) is 41.6 Å². The SMILES string of the molecule is CCCCCCCCCCCC/C=C/CCCCC1N=CCN1CCN. The Morgan fingerprint density at radius 1 is 0.885 bits per heavy atom. The quantitative estimate of drug-likeness (QED) is 0.237. The molecule has 0 radical (unpaired) electrons. The second-order valence-electron chi connectivity index (χ2n) is 7.82. The summed E-state index contributed by atoms with van der Waals surface area (Å²) < 4.78 is 0. The Hall–Kier alpha value is -0.670. The van der Waals surface area contributed by atoms with E-state index in [-0.39, 0.29) is 0 Å². The maximum absolute atomic E-state index is 5.65. The molecule has 2 N–H and O–H groups in total. The number of hydrogen-bond donors (Lipinski definition) is 1. The summed E-state index contributed by atoms with van der Waals surface area (Å²) in [4.78, 5) is 6.96. The van der Waals surface area contributed by atoms with Gasteiger partial charge in [-0.2, -0.15) is 0 Å². The van der Waals surface area contributed by atoms with Crippen LogP contribution >= 0.6 is 0 Å². The number of aliphatic imine (C=N–C) groups is 1. The van der Waals surface area contributed by atoms with Gasteiger partial charge in [-0.3, -0.25) is 9.89 Å². The van der Waals surface area contributed by atoms with Gasteiger partial charge >= 0.3 is 0 Å². The molecule has 0 aliphatic carbocycles. The van der Waals surface area contributed by atoms with Crippen LogP contribution in [0.25, 0.3) is 0 Å². The van der Waals surface area contributed by atoms with Gasteiger partial charge in [-0.1, -0.05) is 76.9 Å². The van der Waals surface area contributed by atoms with Crippen molar-refractivity contribution < 1.29 is 0 Å². The van der Waals surface area contributed by atoms with E-state index in [4.69, 9.17) is 5.73 Å². The molecule has 1 aliphatic rings. The molecule has 26 heavy (non-hydrogen) atoms. The zero-order chi connectivity index (χ0) is 18.7. The molecule has 0 bridgehead atoms. The van der Waals surface area contributed by atoms with Crippen molar-refractivity contribution in [3.63, 3.8) is 0 Å². The highest BCUT2D eigenvalue weighted by Gasteiger charge is 2.18. The van der Waals surface area contributed by atoms with Crippen molar-refractivity contribution in [3.05, 3.63) is 12.2 Å². The summed E-state index contributed by atoms with van der Waals surface area (Å²) in [6, 6.07) is 0. The zero-order valence-electron chi connectivity index (χ0n) is 17.5. The molecule has 1 heterocycles. The summed E-state index contributed by atoms with van der Waals surface area (Å²) in [7, 11) is 0. The third-order valence-electron chi connectivity index (χ3n) is 5.41. The lowest BCUT2D eigenvalue weighted by molar-refractivity contribution is 0.242. The fourth-order valence-corrected chi connectivity index (χ4v) is 3.73. The van der Waals surface area contributed by atoms with Crippen molar-refractivity contribution >= 4 is 6.21 Å². The molecular formula is C23H45N3. The molecule has 3 nitrogen and oxygen atoms in total. The first-order valence-electron chi connectivity index (χ1n) is 11.5. The van der Waals surface area contributed by atoms with E-state index in [0.29, 0.717) is 6.17 Å². The van der Waals surface area contributed by atoms with Crippen molar-refractivity contribution in [2.75, 3.05) is 19.6 Å². The van der Waals surface area contributed by atoms with Crippen LogP contribution in [0.4, 0.5) is 0 Å². The van der Waals surface area contributed by atoms with Gasteiger partial charge in [-0.05, 0) is 38.5 Å². The van der Waals surface area contributed by atoms with Gasteiger partial charge in [0.25, 0.3) is 0 Å². The molecule has 0 aromatic heterocycles. The molecule has 1 atom stereocenters. The molecule has 0 saturated carbocycles. The van der Waals surface area contributed by atoms with E-state index in [1.807, 2.05) is 6.21 Å². The van der Waals surface area contributed by atoms with Gasteiger partial charge in [0.2, 0.25) is 0 Å². The van der Waals surface area contributed by atoms with Crippen LogP contribution in [0.2, 0.25) is 0 Å². The van der Waals surface area contributed by atoms with Crippen LogP contribution in [0, 0.1) is 0 Å². The molecule has 0 aromatic carbocycles. The van der Waals surface area contributed by atoms with Crippen molar-refractivity contribution in [1.82, 2.24) is 4.90 Å². The fourth-order valence-electron chi connectivity index (χ4n) is 3.73. The van der Waals surface area contributed by atoms with Crippen molar-refractivity contribution in [3.8, 4) is 0 Å². The van der Waals surface area contributed by atoms with Gasteiger partial charge in [0, 0.05) is 25.8 Å². The molecule has 0 amide bonds. The first-order valence-corrected chi connectivity index (χ1v) is 11.5. The van der Waals surface area contributed by atoms with Crippen LogP contribution in [0.3, 0.4) is 0 Å². The predicted molar refractivity (Wildman–Crippen MR) is 117 cm³/mol. The van der Waals surface area contributed by atoms with Gasteiger partial charge in [-0.25, -0.2) is 0 Å². The third-order valence-corrected chi connectivity index (χ3v) is 5.41. The molecule has 3 heteroatoms. The monoisotopic (exact) mass is 363 g/mol. The van der Waals surface area contributed by atoms with Gasteiger partial charge in [0.1, 0.15) is 6.17 Å². The normalized spacial score (nSPS) is 17.7. The third kappa shape index (κ3) is 12.6. The highest BCUT2D eigenvalue weighted by Crippen LogP contribution is 2.15. The molecule has 0 aromatic rings. The Balaban J connectivity index is 1.80. The molecule has 0 spiro atoms. The van der Waals surface area contributed by atoms with Gasteiger partial charge in [0.15, 0.2) is 0 Å². The Bertz CT molecular complexity index is 351. The number of nitrogens with two attached hydrogens (primary N) is 1. The second-order valence-corrected chi connectivity index (χ2v) is 7.82. The van der Waals surface area contributed by atoms with Crippen LogP contribution in [0.5, 0.6) is 0 Å². The molecule has 0 fully saturated rings. The lowest BCUT2D eigenvalue weighted by Crippen LogP contribution is -2.34. The smallest absolute Gasteiger partial charge is 0.102 e. The van der Waals surface area contributed by atoms with Crippen molar-refractivity contribution in [1.29, 1.82) is 0 Å². The van der Waals surface area contributed by atoms with Crippen LogP contribution in [0.1, 0.15) is 103 Å². The largest absolute Gasteiger partial charge is 0.329 e. The van der Waals surface area contributed by atoms with Crippen molar-refractivity contribution in [2.45, 2.75) is 109 Å². The summed E-state index contributed by atoms with van der Waals surface area (Å²) in [5.41, 5.74) is 5.65. The second kappa shape index (κ2) is 17.7. The zero-order valence-corrected chi connectivity index (χ0v) is 17.5. The lowest BCUT2D eigenvalue weighted by atomic mass is 10.1. The maximum Gasteiger partial charge on any atom is 0.102 e. The summed E-state index contributed by atoms with van der Waals surface area (Å²) in [6.07, 6.45) is 27.7. The number of allylic oxidation sites excluding steroid dienone is 2. The van der Waals surface area contributed by atoms with E-state index in [2.05, 4.69) is 29.0 Å². The number of unbranched alkanes of at least 4 members (excludes halogenated alkanes) is 12. The van der Waals surface area contributed by atoms with E-state index in [1.165, 1.54) is 96.3 Å². The molecule has 1 rings (SSSR count). The van der Waals surface area contributed by atoms with Crippen molar-refractivity contribution in [2.24, 2.45) is 10.7 Å². The Kier molecular flexibility index (Phi) is 15.9. The van der Waals surface area contributed by atoms with Gasteiger partial charge in [0.05, 0.1) is 0 Å². The predicted octanol–water partition coefficient (Wildman–Crippen LogP) is 6.09. The molecular weight excluding hydrogens is 318 g/mol. The first kappa shape index (κ1) is 23.4. The van der Waals surface area contributed by atoms with Crippen LogP contribution < -0.4 is 5.73 Å². The average Bonchev–Trinajstić information content (AvgIpc) is 3.09. The number of hydrogen-bond acceptors (Lipinski definition) is 3. The van der Waals surface area contributed by atoms with Gasteiger partial charge < -0.3 is 5.73 Å². The Labute approximate surface area is 163 Å². The summed E-state index contributed by atoms with van der Waals surface area (Å²) in [5, 5.41) is 0. The highest BCUT2D eigenvalue weighted by atomic mass is 15.3. The number of rotatable bonds is 18. The molecule has 1 unspecified atom stereocenters. The van der Waals surface area contributed by atoms with E-state index in [9.17, 15) is 0 Å². The maximum atomic E-state index is 5.65. The Morgan fingerprint density at radius 3 is 2.08 bits per heavy atom. The highest BCUT2D eigenvalue weighted by molar-refractivity contribution is 5.62. The van der Waals surface area contributed by atoms with Crippen LogP contribution in [-0.2, 0) is 0 Å². The van der Waals surface area contributed by atoms with E-state index in [0.717, 1.165) is 19.6 Å². The minimum atomic E-state index is 0.397. The van der Waals surface area contributed by atoms with E-state index < -0.39 is 0 Å². The number of nitrogens with zero attached hydrogens (tertiary/aromatic N) is 2. The first-order chi connectivity index (χ1) is 12.9. The minimum absolute atomic E-state index is 0.397. The standard InChI is InChI=1S/C23H45N3/c1-2-3-4-5-6-7-8-9-10-11-12-13-14-15-16-17-18-23-25-20-22-26(23)21-19-24/h13-14,20,23H,2-12,15-19,21-22,24H2,1H3/b14-13+. The van der Waals surface area contributed by atoms with Gasteiger partial charge in [-0.15, -0.1) is 0 Å². The minimum Gasteiger partial charge on any atom is -0.329 e. The molecule has 1 aliphatic heterocycles. The van der Waals surface area contributed by atoms with E-state index >= 15 is 0 Å². The van der Waals surface area contributed by atoms with Crippen LogP contribution in [0.15, 0.2) is 17.1 Å². The van der Waals surface area contributed by atoms with E-state index in [1.54, 1.807) is 0 Å². The molecule has 0 saturated heterocycles.